The van der Waals surface area contributed by atoms with Crippen molar-refractivity contribution < 1.29 is 4.79 Å². The molecular weight excluding hydrogens is 322 g/mol. The summed E-state index contributed by atoms with van der Waals surface area (Å²) in [7, 11) is 2.07. The maximum absolute atomic E-state index is 12.8. The van der Waals surface area contributed by atoms with E-state index in [1.54, 1.807) is 0 Å². The van der Waals surface area contributed by atoms with Gasteiger partial charge >= 0.3 is 0 Å². The zero-order chi connectivity index (χ0) is 18.5. The van der Waals surface area contributed by atoms with Crippen LogP contribution in [0.5, 0.6) is 0 Å². The minimum Gasteiger partial charge on any atom is -0.337 e. The maximum Gasteiger partial charge on any atom is 0.222 e. The van der Waals surface area contributed by atoms with Crippen LogP contribution < -0.4 is 5.43 Å². The molecule has 1 unspecified atom stereocenters. The molecule has 1 N–H and O–H groups in total. The van der Waals surface area contributed by atoms with Crippen molar-refractivity contribution >= 4 is 5.91 Å². The highest BCUT2D eigenvalue weighted by Gasteiger charge is 2.33. The zero-order valence-electron chi connectivity index (χ0n) is 16.6. The maximum atomic E-state index is 12.8. The van der Waals surface area contributed by atoms with E-state index in [0.717, 1.165) is 26.1 Å². The molecule has 26 heavy (non-hydrogen) atoms. The molecule has 1 amide bonds. The number of allylic oxidation sites excluding steroid dienone is 1. The molecule has 0 saturated carbocycles. The van der Waals surface area contributed by atoms with Crippen molar-refractivity contribution in [1.29, 1.82) is 0 Å². The highest BCUT2D eigenvalue weighted by atomic mass is 16.2. The summed E-state index contributed by atoms with van der Waals surface area (Å²) in [6.45, 7) is 6.85. The van der Waals surface area contributed by atoms with E-state index >= 15 is 0 Å². The van der Waals surface area contributed by atoms with Crippen LogP contribution in [0, 0.1) is 0 Å². The van der Waals surface area contributed by atoms with Crippen molar-refractivity contribution in [2.24, 2.45) is 0 Å². The average Bonchev–Trinajstić information content (AvgIpc) is 2.99. The summed E-state index contributed by atoms with van der Waals surface area (Å²) in [6, 6.07) is 8.64. The second-order valence-corrected chi connectivity index (χ2v) is 7.69. The van der Waals surface area contributed by atoms with Crippen LogP contribution in [0.15, 0.2) is 35.5 Å². The molecule has 0 aliphatic carbocycles. The molecule has 0 radical (unpaired) electrons. The summed E-state index contributed by atoms with van der Waals surface area (Å²) in [6.07, 6.45) is 6.66. The zero-order valence-corrected chi connectivity index (χ0v) is 16.6. The van der Waals surface area contributed by atoms with Crippen LogP contribution in [-0.2, 0) is 11.3 Å². The van der Waals surface area contributed by atoms with Crippen LogP contribution in [0.1, 0.15) is 69.4 Å². The normalized spacial score (nSPS) is 19.9. The molecule has 1 atom stereocenters. The molecule has 0 spiro atoms. The molecule has 1 aromatic carbocycles. The van der Waals surface area contributed by atoms with E-state index in [0.29, 0.717) is 18.2 Å². The Kier molecular flexibility index (Phi) is 6.36. The van der Waals surface area contributed by atoms with E-state index in [2.05, 4.69) is 60.5 Å². The number of carbonyl (C=O) groups is 1. The van der Waals surface area contributed by atoms with E-state index in [1.165, 1.54) is 48.1 Å². The number of hydrogen-bond acceptors (Lipinski definition) is 3. The highest BCUT2D eigenvalue weighted by Crippen LogP contribution is 2.36. The Morgan fingerprint density at radius 2 is 1.96 bits per heavy atom. The molecular formula is C22H33N3O. The Bertz CT molecular complexity index is 667. The first kappa shape index (κ1) is 19.0. The smallest absolute Gasteiger partial charge is 0.222 e. The first-order valence-corrected chi connectivity index (χ1v) is 10.1. The van der Waals surface area contributed by atoms with Crippen LogP contribution >= 0.6 is 0 Å². The van der Waals surface area contributed by atoms with Crippen molar-refractivity contribution in [3.8, 4) is 0 Å². The van der Waals surface area contributed by atoms with Gasteiger partial charge < -0.3 is 9.91 Å². The third kappa shape index (κ3) is 4.12. The third-order valence-electron chi connectivity index (χ3n) is 5.94. The lowest BCUT2D eigenvalue weighted by Gasteiger charge is -2.35. The minimum atomic E-state index is 0.307. The van der Waals surface area contributed by atoms with Gasteiger partial charge in [-0.05, 0) is 30.0 Å². The van der Waals surface area contributed by atoms with E-state index in [1.807, 2.05) is 0 Å². The topological polar surface area (TPSA) is 35.6 Å². The van der Waals surface area contributed by atoms with Gasteiger partial charge in [-0.2, -0.15) is 0 Å². The molecule has 0 saturated heterocycles. The van der Waals surface area contributed by atoms with E-state index < -0.39 is 0 Å². The number of carbonyl (C=O) groups excluding carboxylic acids is 1. The van der Waals surface area contributed by atoms with Gasteiger partial charge in [-0.15, -0.1) is 0 Å². The Labute approximate surface area is 158 Å². The second-order valence-electron chi connectivity index (χ2n) is 7.69. The van der Waals surface area contributed by atoms with Gasteiger partial charge in [0, 0.05) is 44.7 Å². The van der Waals surface area contributed by atoms with E-state index in [4.69, 9.17) is 0 Å². The fraction of sp³-hybridized carbons (Fsp3) is 0.591. The summed E-state index contributed by atoms with van der Waals surface area (Å²) >= 11 is 0. The number of nitrogens with one attached hydrogen (secondary N) is 1. The third-order valence-corrected chi connectivity index (χ3v) is 5.94. The Balaban J connectivity index is 1.72. The number of unbranched alkanes of at least 4 members (excludes halogenated alkanes) is 4. The van der Waals surface area contributed by atoms with E-state index in [9.17, 15) is 4.79 Å². The molecule has 2 heterocycles. The summed E-state index contributed by atoms with van der Waals surface area (Å²) in [5.41, 5.74) is 8.81. The monoisotopic (exact) mass is 355 g/mol. The molecule has 0 fully saturated rings. The predicted octanol–water partition coefficient (Wildman–Crippen LogP) is 4.20. The van der Waals surface area contributed by atoms with Crippen molar-refractivity contribution in [3.63, 3.8) is 0 Å². The van der Waals surface area contributed by atoms with Gasteiger partial charge in [0.1, 0.15) is 0 Å². The first-order valence-electron chi connectivity index (χ1n) is 10.1. The van der Waals surface area contributed by atoms with Crippen molar-refractivity contribution in [2.75, 3.05) is 20.1 Å². The van der Waals surface area contributed by atoms with Crippen LogP contribution in [0.3, 0.4) is 0 Å². The Hall–Kier alpha value is -1.81. The standard InChI is InChI=1S/C22H33N3O/c1-4-5-6-7-8-13-22(26)25-15-18-11-9-10-12-19(18)21(16-25)20-14-23-24(3)17(20)2/h9-12,21,23H,4-8,13-16H2,1-3H3. The number of amides is 1. The second kappa shape index (κ2) is 8.72. The number of nitrogens with zero attached hydrogens (tertiary/aromatic N) is 2. The molecule has 3 rings (SSSR count). The molecule has 2 aliphatic heterocycles. The van der Waals surface area contributed by atoms with Gasteiger partial charge in [-0.25, -0.2) is 5.43 Å². The van der Waals surface area contributed by atoms with Crippen molar-refractivity contribution in [2.45, 2.75) is 64.8 Å². The molecule has 4 heteroatoms. The molecule has 142 valence electrons. The van der Waals surface area contributed by atoms with Crippen molar-refractivity contribution in [3.05, 3.63) is 46.7 Å². The fourth-order valence-corrected chi connectivity index (χ4v) is 4.17. The number of hydrazine groups is 1. The first-order chi connectivity index (χ1) is 12.6. The van der Waals surface area contributed by atoms with Gasteiger partial charge in [0.25, 0.3) is 0 Å². The summed E-state index contributed by atoms with van der Waals surface area (Å²) in [5, 5.41) is 2.10. The van der Waals surface area contributed by atoms with Crippen molar-refractivity contribution in [1.82, 2.24) is 15.3 Å². The number of benzene rings is 1. The summed E-state index contributed by atoms with van der Waals surface area (Å²) in [4.78, 5) is 14.9. The van der Waals surface area contributed by atoms with Gasteiger partial charge in [0.15, 0.2) is 0 Å². The van der Waals surface area contributed by atoms with Crippen LogP contribution in [-0.4, -0.2) is 36.0 Å². The molecule has 0 aromatic heterocycles. The average molecular weight is 356 g/mol. The number of rotatable bonds is 7. The lowest BCUT2D eigenvalue weighted by molar-refractivity contribution is -0.132. The van der Waals surface area contributed by atoms with Gasteiger partial charge in [0.05, 0.1) is 0 Å². The lowest BCUT2D eigenvalue weighted by atomic mass is 9.83. The van der Waals surface area contributed by atoms with Crippen LogP contribution in [0.2, 0.25) is 0 Å². The lowest BCUT2D eigenvalue weighted by Crippen LogP contribution is -2.39. The highest BCUT2D eigenvalue weighted by molar-refractivity contribution is 5.76. The molecule has 2 aliphatic rings. The summed E-state index contributed by atoms with van der Waals surface area (Å²) in [5.74, 6) is 0.625. The Morgan fingerprint density at radius 3 is 2.69 bits per heavy atom. The molecule has 0 bridgehead atoms. The molecule has 4 nitrogen and oxygen atoms in total. The number of fused-ring (bicyclic) bond motifs is 1. The fourth-order valence-electron chi connectivity index (χ4n) is 4.17. The van der Waals surface area contributed by atoms with Gasteiger partial charge in [-0.1, -0.05) is 56.9 Å². The van der Waals surface area contributed by atoms with Crippen LogP contribution in [0.25, 0.3) is 0 Å². The van der Waals surface area contributed by atoms with E-state index in [-0.39, 0.29) is 0 Å². The predicted molar refractivity (Wildman–Crippen MR) is 106 cm³/mol. The summed E-state index contributed by atoms with van der Waals surface area (Å²) < 4.78 is 0. The Morgan fingerprint density at radius 1 is 1.19 bits per heavy atom. The van der Waals surface area contributed by atoms with Gasteiger partial charge in [0.2, 0.25) is 5.91 Å². The molecule has 1 aromatic rings. The largest absolute Gasteiger partial charge is 0.337 e. The minimum absolute atomic E-state index is 0.307. The number of hydrogen-bond donors (Lipinski definition) is 1. The van der Waals surface area contributed by atoms with Crippen LogP contribution in [0.4, 0.5) is 0 Å². The van der Waals surface area contributed by atoms with Gasteiger partial charge in [-0.3, -0.25) is 4.79 Å². The quantitative estimate of drug-likeness (QED) is 0.745. The SMILES string of the molecule is CCCCCCCC(=O)N1Cc2ccccc2C(C2=C(C)N(C)NC2)C1.